The van der Waals surface area contributed by atoms with Crippen LogP contribution < -0.4 is 4.90 Å². The number of carbonyl (C=O) groups is 1. The van der Waals surface area contributed by atoms with Crippen molar-refractivity contribution in [2.45, 2.75) is 45.6 Å². The van der Waals surface area contributed by atoms with Crippen molar-refractivity contribution in [1.82, 2.24) is 0 Å². The number of carboxylic acids is 1. The molecule has 0 fully saturated rings. The zero-order chi connectivity index (χ0) is 13.8. The molecule has 1 aromatic carbocycles. The first kappa shape index (κ1) is 13.9. The highest BCUT2D eigenvalue weighted by Crippen LogP contribution is 2.32. The van der Waals surface area contributed by atoms with Gasteiger partial charge in [0, 0.05) is 12.2 Å². The quantitative estimate of drug-likeness (QED) is 0.884. The maximum Gasteiger partial charge on any atom is 0.326 e. The third-order valence-electron chi connectivity index (χ3n) is 3.87. The van der Waals surface area contributed by atoms with Gasteiger partial charge in [0.05, 0.1) is 0 Å². The Labute approximate surface area is 115 Å². The molecule has 1 aliphatic heterocycles. The van der Waals surface area contributed by atoms with Gasteiger partial charge in [0.25, 0.3) is 0 Å². The van der Waals surface area contributed by atoms with Crippen LogP contribution in [0.25, 0.3) is 0 Å². The summed E-state index contributed by atoms with van der Waals surface area (Å²) in [6.07, 6.45) is 3.78. The molecule has 3 heteroatoms. The Kier molecular flexibility index (Phi) is 4.46. The standard InChI is InChI=1S/C16H23NO2/c1-3-4-8-15(16(18)19)17-11-12(2)10-13-7-5-6-9-14(13)17/h5-7,9,12,15H,3-4,8,10-11H2,1-2H3,(H,18,19). The van der Waals surface area contributed by atoms with E-state index in [0.717, 1.165) is 37.9 Å². The Bertz CT molecular complexity index is 444. The molecule has 0 aliphatic carbocycles. The Morgan fingerprint density at radius 1 is 1.47 bits per heavy atom. The van der Waals surface area contributed by atoms with E-state index in [1.807, 2.05) is 12.1 Å². The minimum Gasteiger partial charge on any atom is -0.480 e. The van der Waals surface area contributed by atoms with Crippen molar-refractivity contribution in [3.05, 3.63) is 29.8 Å². The van der Waals surface area contributed by atoms with Gasteiger partial charge in [0.1, 0.15) is 6.04 Å². The normalized spacial score (nSPS) is 19.9. The lowest BCUT2D eigenvalue weighted by molar-refractivity contribution is -0.138. The number of aliphatic carboxylic acids is 1. The number of benzene rings is 1. The summed E-state index contributed by atoms with van der Waals surface area (Å²) in [5.41, 5.74) is 2.40. The molecule has 104 valence electrons. The Morgan fingerprint density at radius 3 is 2.89 bits per heavy atom. The zero-order valence-corrected chi connectivity index (χ0v) is 11.8. The Balaban J connectivity index is 2.29. The molecule has 1 aliphatic rings. The van der Waals surface area contributed by atoms with E-state index in [1.54, 1.807) is 0 Å². The van der Waals surface area contributed by atoms with Crippen molar-refractivity contribution in [1.29, 1.82) is 0 Å². The van der Waals surface area contributed by atoms with E-state index in [9.17, 15) is 9.90 Å². The second-order valence-corrected chi connectivity index (χ2v) is 5.59. The fraction of sp³-hybridized carbons (Fsp3) is 0.562. The number of rotatable bonds is 5. The average molecular weight is 261 g/mol. The molecule has 2 rings (SSSR count). The molecule has 3 nitrogen and oxygen atoms in total. The van der Waals surface area contributed by atoms with Gasteiger partial charge in [-0.25, -0.2) is 4.79 Å². The van der Waals surface area contributed by atoms with Crippen molar-refractivity contribution in [3.63, 3.8) is 0 Å². The van der Waals surface area contributed by atoms with Crippen LogP contribution in [0.15, 0.2) is 24.3 Å². The van der Waals surface area contributed by atoms with Crippen LogP contribution in [0.1, 0.15) is 38.7 Å². The molecule has 19 heavy (non-hydrogen) atoms. The summed E-state index contributed by atoms with van der Waals surface area (Å²) in [6.45, 7) is 5.14. The SMILES string of the molecule is CCCCC(C(=O)O)N1CC(C)Cc2ccccc21. The number of anilines is 1. The number of unbranched alkanes of at least 4 members (excludes halogenated alkanes) is 1. The smallest absolute Gasteiger partial charge is 0.326 e. The van der Waals surface area contributed by atoms with E-state index in [4.69, 9.17) is 0 Å². The van der Waals surface area contributed by atoms with E-state index < -0.39 is 5.97 Å². The van der Waals surface area contributed by atoms with Crippen LogP contribution in [0.4, 0.5) is 5.69 Å². The van der Waals surface area contributed by atoms with Crippen LogP contribution in [0, 0.1) is 5.92 Å². The predicted molar refractivity (Wildman–Crippen MR) is 77.6 cm³/mol. The van der Waals surface area contributed by atoms with Crippen molar-refractivity contribution < 1.29 is 9.90 Å². The molecule has 1 heterocycles. The molecular weight excluding hydrogens is 238 g/mol. The minimum atomic E-state index is -0.697. The van der Waals surface area contributed by atoms with Gasteiger partial charge in [-0.3, -0.25) is 0 Å². The summed E-state index contributed by atoms with van der Waals surface area (Å²) in [5.74, 6) is -0.185. The lowest BCUT2D eigenvalue weighted by Crippen LogP contribution is -2.46. The topological polar surface area (TPSA) is 40.5 Å². The summed E-state index contributed by atoms with van der Waals surface area (Å²) in [5, 5.41) is 9.52. The summed E-state index contributed by atoms with van der Waals surface area (Å²) in [6, 6.07) is 7.83. The first-order chi connectivity index (χ1) is 9.13. The van der Waals surface area contributed by atoms with E-state index >= 15 is 0 Å². The van der Waals surface area contributed by atoms with Gasteiger partial charge < -0.3 is 10.0 Å². The average Bonchev–Trinajstić information content (AvgIpc) is 2.38. The van der Waals surface area contributed by atoms with Crippen LogP contribution in [0.2, 0.25) is 0 Å². The Morgan fingerprint density at radius 2 is 2.21 bits per heavy atom. The third-order valence-corrected chi connectivity index (χ3v) is 3.87. The lowest BCUT2D eigenvalue weighted by Gasteiger charge is -2.38. The summed E-state index contributed by atoms with van der Waals surface area (Å²) < 4.78 is 0. The van der Waals surface area contributed by atoms with E-state index in [-0.39, 0.29) is 6.04 Å². The van der Waals surface area contributed by atoms with Crippen LogP contribution in [-0.4, -0.2) is 23.7 Å². The Hall–Kier alpha value is -1.51. The van der Waals surface area contributed by atoms with Crippen LogP contribution in [0.3, 0.4) is 0 Å². The molecule has 0 spiro atoms. The molecule has 1 aromatic rings. The maximum atomic E-state index is 11.6. The molecule has 1 N–H and O–H groups in total. The molecule has 2 atom stereocenters. The first-order valence-electron chi connectivity index (χ1n) is 7.20. The van der Waals surface area contributed by atoms with Gasteiger partial charge >= 0.3 is 5.97 Å². The maximum absolute atomic E-state index is 11.6. The van der Waals surface area contributed by atoms with Crippen LogP contribution in [0.5, 0.6) is 0 Å². The molecule has 0 bridgehead atoms. The predicted octanol–water partition coefficient (Wildman–Crippen LogP) is 3.33. The molecule has 0 aromatic heterocycles. The molecule has 0 radical (unpaired) electrons. The monoisotopic (exact) mass is 261 g/mol. The number of fused-ring (bicyclic) bond motifs is 1. The van der Waals surface area contributed by atoms with Gasteiger partial charge in [-0.2, -0.15) is 0 Å². The fourth-order valence-electron chi connectivity index (χ4n) is 2.94. The summed E-state index contributed by atoms with van der Waals surface area (Å²) in [4.78, 5) is 13.7. The molecule has 0 saturated heterocycles. The molecular formula is C16H23NO2. The van der Waals surface area contributed by atoms with Gasteiger partial charge in [0.15, 0.2) is 0 Å². The zero-order valence-electron chi connectivity index (χ0n) is 11.8. The third kappa shape index (κ3) is 3.09. The molecule has 0 amide bonds. The number of hydrogen-bond donors (Lipinski definition) is 1. The van der Waals surface area contributed by atoms with Crippen LogP contribution >= 0.6 is 0 Å². The minimum absolute atomic E-state index is 0.385. The van der Waals surface area contributed by atoms with E-state index in [0.29, 0.717) is 5.92 Å². The summed E-state index contributed by atoms with van der Waals surface area (Å²) in [7, 11) is 0. The highest BCUT2D eigenvalue weighted by Gasteiger charge is 2.30. The molecule has 0 saturated carbocycles. The van der Waals surface area contributed by atoms with Crippen LogP contribution in [-0.2, 0) is 11.2 Å². The van der Waals surface area contributed by atoms with Gasteiger partial charge in [-0.1, -0.05) is 44.9 Å². The second kappa shape index (κ2) is 6.09. The first-order valence-corrected chi connectivity index (χ1v) is 7.20. The van der Waals surface area contributed by atoms with Gasteiger partial charge in [-0.05, 0) is 30.4 Å². The van der Waals surface area contributed by atoms with Crippen molar-refractivity contribution in [2.75, 3.05) is 11.4 Å². The number of hydrogen-bond acceptors (Lipinski definition) is 2. The van der Waals surface area contributed by atoms with Crippen molar-refractivity contribution in [3.8, 4) is 0 Å². The van der Waals surface area contributed by atoms with E-state index in [2.05, 4.69) is 30.9 Å². The molecule has 2 unspecified atom stereocenters. The highest BCUT2D eigenvalue weighted by atomic mass is 16.4. The highest BCUT2D eigenvalue weighted by molar-refractivity contribution is 5.79. The van der Waals surface area contributed by atoms with Gasteiger partial charge in [0.2, 0.25) is 0 Å². The lowest BCUT2D eigenvalue weighted by atomic mass is 9.92. The van der Waals surface area contributed by atoms with E-state index in [1.165, 1.54) is 5.56 Å². The number of para-hydroxylation sites is 1. The fourth-order valence-corrected chi connectivity index (χ4v) is 2.94. The van der Waals surface area contributed by atoms with Crippen molar-refractivity contribution in [2.24, 2.45) is 5.92 Å². The number of carboxylic acid groups (broad SMARTS) is 1. The summed E-state index contributed by atoms with van der Waals surface area (Å²) >= 11 is 0. The number of nitrogens with zero attached hydrogens (tertiary/aromatic N) is 1. The largest absolute Gasteiger partial charge is 0.480 e. The second-order valence-electron chi connectivity index (χ2n) is 5.59. The van der Waals surface area contributed by atoms with Crippen molar-refractivity contribution >= 4 is 11.7 Å². The van der Waals surface area contributed by atoms with Gasteiger partial charge in [-0.15, -0.1) is 0 Å².